The van der Waals surface area contributed by atoms with Crippen LogP contribution in [0.15, 0.2) is 77.7 Å². The molecule has 0 bridgehead atoms. The van der Waals surface area contributed by atoms with Crippen molar-refractivity contribution in [3.05, 3.63) is 94.0 Å². The highest BCUT2D eigenvalue weighted by Gasteiger charge is 2.34. The largest absolute Gasteiger partial charge is 0.354 e. The molecule has 1 N–H and O–H groups in total. The van der Waals surface area contributed by atoms with Gasteiger partial charge in [-0.3, -0.25) is 13.9 Å². The smallest absolute Gasteiger partial charge is 0.264 e. The van der Waals surface area contributed by atoms with E-state index >= 15 is 0 Å². The van der Waals surface area contributed by atoms with Crippen LogP contribution in [0.2, 0.25) is 10.0 Å². The van der Waals surface area contributed by atoms with E-state index in [2.05, 4.69) is 5.32 Å². The van der Waals surface area contributed by atoms with E-state index < -0.39 is 28.5 Å². The summed E-state index contributed by atoms with van der Waals surface area (Å²) < 4.78 is 28.8. The summed E-state index contributed by atoms with van der Waals surface area (Å²) in [6.45, 7) is 5.59. The first-order valence-electron chi connectivity index (χ1n) is 13.3. The Morgan fingerprint density at radius 2 is 1.50 bits per heavy atom. The molecule has 3 aromatic carbocycles. The van der Waals surface area contributed by atoms with Gasteiger partial charge < -0.3 is 10.2 Å². The highest BCUT2D eigenvalue weighted by molar-refractivity contribution is 7.92. The molecule has 1 atom stereocenters. The van der Waals surface area contributed by atoms with E-state index in [9.17, 15) is 18.0 Å². The van der Waals surface area contributed by atoms with Gasteiger partial charge in [0.2, 0.25) is 11.8 Å². The number of nitrogens with zero attached hydrogens (tertiary/aromatic N) is 2. The van der Waals surface area contributed by atoms with Crippen LogP contribution >= 0.6 is 23.2 Å². The fourth-order valence-electron chi connectivity index (χ4n) is 4.29. The molecule has 0 radical (unpaired) electrons. The van der Waals surface area contributed by atoms with Gasteiger partial charge in [-0.2, -0.15) is 0 Å². The van der Waals surface area contributed by atoms with Crippen LogP contribution in [0, 0.1) is 0 Å². The molecule has 0 aliphatic heterocycles. The lowest BCUT2D eigenvalue weighted by Crippen LogP contribution is -2.52. The van der Waals surface area contributed by atoms with Crippen molar-refractivity contribution in [2.24, 2.45) is 0 Å². The van der Waals surface area contributed by atoms with Gasteiger partial charge in [-0.15, -0.1) is 0 Å². The first-order chi connectivity index (χ1) is 19.1. The summed E-state index contributed by atoms with van der Waals surface area (Å²) in [5.41, 5.74) is 1.85. The van der Waals surface area contributed by atoms with Gasteiger partial charge in [-0.05, 0) is 61.2 Å². The molecule has 214 valence electrons. The van der Waals surface area contributed by atoms with E-state index in [-0.39, 0.29) is 17.3 Å². The summed E-state index contributed by atoms with van der Waals surface area (Å²) in [6.07, 6.45) is 1.81. The summed E-state index contributed by atoms with van der Waals surface area (Å²) in [6, 6.07) is 19.1. The third kappa shape index (κ3) is 7.56. The Morgan fingerprint density at radius 1 is 0.875 bits per heavy atom. The zero-order valence-corrected chi connectivity index (χ0v) is 25.3. The van der Waals surface area contributed by atoms with Gasteiger partial charge in [0.1, 0.15) is 12.6 Å². The maximum atomic E-state index is 14.1. The average Bonchev–Trinajstić information content (AvgIpc) is 2.96. The predicted molar refractivity (Wildman–Crippen MR) is 161 cm³/mol. The second-order valence-electron chi connectivity index (χ2n) is 9.28. The number of aryl methyl sites for hydroxylation is 1. The monoisotopic (exact) mass is 603 g/mol. The molecular weight excluding hydrogens is 569 g/mol. The lowest BCUT2D eigenvalue weighted by atomic mass is 10.1. The van der Waals surface area contributed by atoms with Crippen molar-refractivity contribution >= 4 is 50.7 Å². The molecule has 2 amide bonds. The van der Waals surface area contributed by atoms with Crippen molar-refractivity contribution < 1.29 is 18.0 Å². The van der Waals surface area contributed by atoms with Crippen LogP contribution in [0.3, 0.4) is 0 Å². The number of halogens is 2. The Kier molecular flexibility index (Phi) is 11.4. The van der Waals surface area contributed by atoms with Crippen LogP contribution < -0.4 is 9.62 Å². The summed E-state index contributed by atoms with van der Waals surface area (Å²) in [5, 5.41) is 3.55. The molecule has 7 nitrogen and oxygen atoms in total. The van der Waals surface area contributed by atoms with Crippen molar-refractivity contribution in [3.63, 3.8) is 0 Å². The van der Waals surface area contributed by atoms with Crippen LogP contribution in [0.25, 0.3) is 0 Å². The molecule has 0 saturated heterocycles. The van der Waals surface area contributed by atoms with Gasteiger partial charge >= 0.3 is 0 Å². The fraction of sp³-hybridized carbons (Fsp3) is 0.333. The lowest BCUT2D eigenvalue weighted by molar-refractivity contribution is -0.140. The number of amides is 2. The molecule has 0 unspecified atom stereocenters. The third-order valence-electron chi connectivity index (χ3n) is 6.57. The van der Waals surface area contributed by atoms with Gasteiger partial charge in [-0.25, -0.2) is 8.42 Å². The summed E-state index contributed by atoms with van der Waals surface area (Å²) in [7, 11) is -4.13. The SMILES string of the molecule is CCCNC(=O)[C@H](CC)N(Cc1c(Cl)cccc1Cl)C(=O)CN(c1ccc(CC)cc1)S(=O)(=O)c1ccccc1. The highest BCUT2D eigenvalue weighted by atomic mass is 35.5. The average molecular weight is 605 g/mol. The number of nitrogens with one attached hydrogen (secondary N) is 1. The van der Waals surface area contributed by atoms with E-state index in [4.69, 9.17) is 23.2 Å². The number of carbonyl (C=O) groups is 2. The Bertz CT molecular complexity index is 1380. The van der Waals surface area contributed by atoms with Gasteiger partial charge in [0.25, 0.3) is 10.0 Å². The Balaban J connectivity index is 2.08. The van der Waals surface area contributed by atoms with E-state index in [0.717, 1.165) is 22.7 Å². The van der Waals surface area contributed by atoms with E-state index in [0.29, 0.717) is 34.3 Å². The van der Waals surface area contributed by atoms with Gasteiger partial charge in [0.05, 0.1) is 10.6 Å². The van der Waals surface area contributed by atoms with Gasteiger partial charge in [0, 0.05) is 28.7 Å². The molecule has 0 aliphatic carbocycles. The molecule has 0 heterocycles. The molecule has 0 aliphatic rings. The minimum atomic E-state index is -4.13. The first kappa shape index (κ1) is 31.5. The van der Waals surface area contributed by atoms with Crippen molar-refractivity contribution in [2.75, 3.05) is 17.4 Å². The second-order valence-corrected chi connectivity index (χ2v) is 12.0. The fourth-order valence-corrected chi connectivity index (χ4v) is 6.24. The number of benzene rings is 3. The Morgan fingerprint density at radius 3 is 2.05 bits per heavy atom. The van der Waals surface area contributed by atoms with E-state index in [1.54, 1.807) is 55.5 Å². The summed E-state index contributed by atoms with van der Waals surface area (Å²) >= 11 is 12.9. The summed E-state index contributed by atoms with van der Waals surface area (Å²) in [5.74, 6) is -0.890. The zero-order chi connectivity index (χ0) is 29.3. The van der Waals surface area contributed by atoms with Crippen LogP contribution in [0.5, 0.6) is 0 Å². The predicted octanol–water partition coefficient (Wildman–Crippen LogP) is 6.08. The molecule has 40 heavy (non-hydrogen) atoms. The Hall–Kier alpha value is -3.07. The number of hydrogen-bond donors (Lipinski definition) is 1. The highest BCUT2D eigenvalue weighted by Crippen LogP contribution is 2.29. The topological polar surface area (TPSA) is 86.8 Å². The first-order valence-corrected chi connectivity index (χ1v) is 15.5. The van der Waals surface area contributed by atoms with Crippen molar-refractivity contribution in [3.8, 4) is 0 Å². The quantitative estimate of drug-likeness (QED) is 0.256. The second kappa shape index (κ2) is 14.5. The van der Waals surface area contributed by atoms with E-state index in [1.165, 1.54) is 17.0 Å². The van der Waals surface area contributed by atoms with Crippen molar-refractivity contribution in [2.45, 2.75) is 57.5 Å². The number of rotatable bonds is 13. The third-order valence-corrected chi connectivity index (χ3v) is 9.06. The molecule has 0 aromatic heterocycles. The zero-order valence-electron chi connectivity index (χ0n) is 22.9. The molecule has 3 rings (SSSR count). The molecule has 0 fully saturated rings. The number of carbonyl (C=O) groups excluding carboxylic acids is 2. The standard InChI is InChI=1S/C30H35Cl2N3O4S/c1-4-19-33-30(37)28(6-3)34(20-25-26(31)13-10-14-27(25)32)29(36)21-35(23-17-15-22(5-2)16-18-23)40(38,39)24-11-8-7-9-12-24/h7-18,28H,4-6,19-21H2,1-3H3,(H,33,37)/t28-/m0/s1. The van der Waals surface area contributed by atoms with Gasteiger partial charge in [-0.1, -0.05) is 80.4 Å². The Labute approximate surface area is 247 Å². The van der Waals surface area contributed by atoms with Crippen LogP contribution in [-0.4, -0.2) is 44.3 Å². The molecule has 3 aromatic rings. The maximum absolute atomic E-state index is 14.1. The lowest BCUT2D eigenvalue weighted by Gasteiger charge is -2.33. The van der Waals surface area contributed by atoms with Crippen LogP contribution in [0.4, 0.5) is 5.69 Å². The minimum absolute atomic E-state index is 0.0517. The molecule has 0 saturated carbocycles. The van der Waals surface area contributed by atoms with Crippen LogP contribution in [0.1, 0.15) is 44.7 Å². The normalized spacial score (nSPS) is 12.0. The number of hydrogen-bond acceptors (Lipinski definition) is 4. The summed E-state index contributed by atoms with van der Waals surface area (Å²) in [4.78, 5) is 28.7. The van der Waals surface area contributed by atoms with Gasteiger partial charge in [0.15, 0.2) is 0 Å². The van der Waals surface area contributed by atoms with Crippen LogP contribution in [-0.2, 0) is 32.6 Å². The number of sulfonamides is 1. The van der Waals surface area contributed by atoms with Crippen molar-refractivity contribution in [1.82, 2.24) is 10.2 Å². The molecule has 0 spiro atoms. The maximum Gasteiger partial charge on any atom is 0.264 e. The molecule has 10 heteroatoms. The number of anilines is 1. The molecular formula is C30H35Cl2N3O4S. The van der Waals surface area contributed by atoms with E-state index in [1.807, 2.05) is 26.0 Å². The van der Waals surface area contributed by atoms with Crippen molar-refractivity contribution in [1.29, 1.82) is 0 Å². The minimum Gasteiger partial charge on any atom is -0.354 e.